The number of thioether (sulfide) groups is 1. The Labute approximate surface area is 206 Å². The summed E-state index contributed by atoms with van der Waals surface area (Å²) in [4.78, 5) is 33.7. The minimum absolute atomic E-state index is 0.0583. The number of aromatic amines is 1. The first-order chi connectivity index (χ1) is 16.4. The lowest BCUT2D eigenvalue weighted by atomic mass is 10.0. The Morgan fingerprint density at radius 2 is 2.00 bits per heavy atom. The number of ether oxygens (including phenoxy) is 1. The first-order valence-electron chi connectivity index (χ1n) is 12.5. The van der Waals surface area contributed by atoms with Gasteiger partial charge < -0.3 is 24.4 Å². The lowest BCUT2D eigenvalue weighted by molar-refractivity contribution is -0.128. The van der Waals surface area contributed by atoms with Crippen LogP contribution in [0.2, 0.25) is 0 Å². The highest BCUT2D eigenvalue weighted by Gasteiger charge is 2.22. The maximum atomic E-state index is 12.4. The number of aromatic nitrogens is 1. The maximum Gasteiger partial charge on any atom is 0.252 e. The summed E-state index contributed by atoms with van der Waals surface area (Å²) < 4.78 is 6.39. The van der Waals surface area contributed by atoms with Crippen molar-refractivity contribution in [3.05, 3.63) is 39.7 Å². The topological polar surface area (TPSA) is 68.9 Å². The normalized spacial score (nSPS) is 17.2. The SMILES string of the molecule is CCN(CCN(C)CCN1CCC(Oc2ccc3[nH]c(=O)c4c(c3c2)CCSC4)CC1)C(C)=O. The van der Waals surface area contributed by atoms with Gasteiger partial charge in [0.05, 0.1) is 0 Å². The molecule has 0 unspecified atom stereocenters. The van der Waals surface area contributed by atoms with Crippen molar-refractivity contribution in [2.75, 3.05) is 58.6 Å². The second-order valence-corrected chi connectivity index (χ2v) is 10.6. The number of carbonyl (C=O) groups excluding carboxylic acids is 1. The van der Waals surface area contributed by atoms with Crippen LogP contribution in [-0.4, -0.2) is 90.3 Å². The highest BCUT2D eigenvalue weighted by atomic mass is 32.2. The van der Waals surface area contributed by atoms with Crippen molar-refractivity contribution >= 4 is 28.6 Å². The summed E-state index contributed by atoms with van der Waals surface area (Å²) >= 11 is 1.83. The number of hydrogen-bond acceptors (Lipinski definition) is 6. The molecule has 1 fully saturated rings. The molecule has 2 aromatic rings. The smallest absolute Gasteiger partial charge is 0.252 e. The van der Waals surface area contributed by atoms with Gasteiger partial charge in [-0.25, -0.2) is 0 Å². The van der Waals surface area contributed by atoms with Crippen LogP contribution in [0.3, 0.4) is 0 Å². The fraction of sp³-hybridized carbons (Fsp3) is 0.615. The third-order valence-electron chi connectivity index (χ3n) is 7.16. The van der Waals surface area contributed by atoms with Gasteiger partial charge >= 0.3 is 0 Å². The molecular formula is C26H38N4O3S. The second kappa shape index (κ2) is 11.6. The number of pyridine rings is 1. The Kier molecular flexibility index (Phi) is 8.55. The minimum atomic E-state index is 0.0583. The molecule has 0 atom stereocenters. The van der Waals surface area contributed by atoms with E-state index in [9.17, 15) is 9.59 Å². The van der Waals surface area contributed by atoms with E-state index in [1.165, 1.54) is 5.56 Å². The van der Waals surface area contributed by atoms with Crippen LogP contribution in [0.1, 0.15) is 37.8 Å². The number of amides is 1. The molecule has 0 saturated carbocycles. The largest absolute Gasteiger partial charge is 0.490 e. The summed E-state index contributed by atoms with van der Waals surface area (Å²) in [6, 6.07) is 6.11. The average molecular weight is 487 g/mol. The highest BCUT2D eigenvalue weighted by Crippen LogP contribution is 2.30. The van der Waals surface area contributed by atoms with Gasteiger partial charge in [0.15, 0.2) is 0 Å². The van der Waals surface area contributed by atoms with E-state index in [0.717, 1.165) is 98.8 Å². The van der Waals surface area contributed by atoms with E-state index in [4.69, 9.17) is 4.74 Å². The van der Waals surface area contributed by atoms with Crippen molar-refractivity contribution in [1.82, 2.24) is 19.7 Å². The van der Waals surface area contributed by atoms with E-state index in [1.807, 2.05) is 35.7 Å². The van der Waals surface area contributed by atoms with E-state index in [1.54, 1.807) is 6.92 Å². The van der Waals surface area contributed by atoms with Crippen molar-refractivity contribution < 1.29 is 9.53 Å². The van der Waals surface area contributed by atoms with Crippen molar-refractivity contribution in [2.45, 2.75) is 45.0 Å². The molecule has 1 N–H and O–H groups in total. The molecule has 0 aliphatic carbocycles. The number of rotatable bonds is 9. The molecular weight excluding hydrogens is 448 g/mol. The molecule has 1 saturated heterocycles. The summed E-state index contributed by atoms with van der Waals surface area (Å²) in [7, 11) is 2.13. The van der Waals surface area contributed by atoms with Crippen LogP contribution in [0.4, 0.5) is 0 Å². The van der Waals surface area contributed by atoms with Gasteiger partial charge in [0.25, 0.3) is 5.56 Å². The number of fused-ring (bicyclic) bond motifs is 3. The summed E-state index contributed by atoms with van der Waals surface area (Å²) in [6.07, 6.45) is 3.22. The number of hydrogen-bond donors (Lipinski definition) is 1. The number of carbonyl (C=O) groups is 1. The molecule has 4 rings (SSSR count). The number of H-pyrrole nitrogens is 1. The van der Waals surface area contributed by atoms with Crippen molar-refractivity contribution in [1.29, 1.82) is 0 Å². The first kappa shape index (κ1) is 25.1. The Morgan fingerprint density at radius 3 is 2.74 bits per heavy atom. The summed E-state index contributed by atoms with van der Waals surface area (Å²) in [5.41, 5.74) is 3.10. The zero-order chi connectivity index (χ0) is 24.1. The molecule has 0 bridgehead atoms. The fourth-order valence-corrected chi connectivity index (χ4v) is 5.94. The average Bonchev–Trinajstić information content (AvgIpc) is 2.84. The predicted octanol–water partition coefficient (Wildman–Crippen LogP) is 2.96. The van der Waals surface area contributed by atoms with E-state index in [0.29, 0.717) is 0 Å². The van der Waals surface area contributed by atoms with Crippen LogP contribution in [0.25, 0.3) is 10.9 Å². The van der Waals surface area contributed by atoms with Gasteiger partial charge in [-0.2, -0.15) is 11.8 Å². The lowest BCUT2D eigenvalue weighted by Crippen LogP contribution is -2.43. The van der Waals surface area contributed by atoms with Crippen molar-refractivity contribution in [3.63, 3.8) is 0 Å². The van der Waals surface area contributed by atoms with Gasteiger partial charge in [-0.3, -0.25) is 9.59 Å². The summed E-state index contributed by atoms with van der Waals surface area (Å²) in [5.74, 6) is 2.92. The predicted molar refractivity (Wildman–Crippen MR) is 140 cm³/mol. The highest BCUT2D eigenvalue weighted by molar-refractivity contribution is 7.98. The Morgan fingerprint density at radius 1 is 1.21 bits per heavy atom. The number of nitrogens with zero attached hydrogens (tertiary/aromatic N) is 3. The van der Waals surface area contributed by atoms with Gasteiger partial charge in [-0.05, 0) is 62.7 Å². The quantitative estimate of drug-likeness (QED) is 0.588. The summed E-state index contributed by atoms with van der Waals surface area (Å²) in [5, 5.41) is 1.14. The van der Waals surface area contributed by atoms with Gasteiger partial charge in [-0.1, -0.05) is 0 Å². The maximum absolute atomic E-state index is 12.4. The molecule has 0 radical (unpaired) electrons. The van der Waals surface area contributed by atoms with Crippen LogP contribution >= 0.6 is 11.8 Å². The van der Waals surface area contributed by atoms with E-state index in [2.05, 4.69) is 27.9 Å². The molecule has 34 heavy (non-hydrogen) atoms. The molecule has 8 heteroatoms. The van der Waals surface area contributed by atoms with E-state index < -0.39 is 0 Å². The van der Waals surface area contributed by atoms with E-state index >= 15 is 0 Å². The third kappa shape index (κ3) is 6.15. The number of nitrogens with one attached hydrogen (secondary N) is 1. The van der Waals surface area contributed by atoms with E-state index in [-0.39, 0.29) is 17.6 Å². The van der Waals surface area contributed by atoms with Crippen LogP contribution in [-0.2, 0) is 17.0 Å². The third-order valence-corrected chi connectivity index (χ3v) is 8.15. The van der Waals surface area contributed by atoms with Crippen LogP contribution in [0.15, 0.2) is 23.0 Å². The van der Waals surface area contributed by atoms with Crippen LogP contribution in [0, 0.1) is 0 Å². The monoisotopic (exact) mass is 486 g/mol. The molecule has 0 spiro atoms. The fourth-order valence-electron chi connectivity index (χ4n) is 4.94. The molecule has 1 aromatic heterocycles. The van der Waals surface area contributed by atoms with Gasteiger partial charge in [0, 0.05) is 75.0 Å². The Bertz CT molecular complexity index is 1050. The molecule has 7 nitrogen and oxygen atoms in total. The number of likely N-dealkylation sites (tertiary alicyclic amines) is 1. The number of likely N-dealkylation sites (N-methyl/N-ethyl adjacent to an activating group) is 2. The standard InChI is InChI=1S/C26H38N4O3S/c1-4-30(19(2)31)15-13-28(3)12-14-29-10-7-20(8-11-29)33-21-5-6-25-23(17-21)22-9-16-34-18-24(22)26(32)27-25/h5-6,17,20H,4,7-16,18H2,1-3H3,(H,27,32). The van der Waals surface area contributed by atoms with Crippen molar-refractivity contribution in [3.8, 4) is 5.75 Å². The van der Waals surface area contributed by atoms with Crippen LogP contribution < -0.4 is 10.3 Å². The molecule has 1 aromatic carbocycles. The first-order valence-corrected chi connectivity index (χ1v) is 13.7. The van der Waals surface area contributed by atoms with Crippen molar-refractivity contribution in [2.24, 2.45) is 0 Å². The molecule has 186 valence electrons. The summed E-state index contributed by atoms with van der Waals surface area (Å²) in [6.45, 7) is 10.3. The molecule has 3 heterocycles. The lowest BCUT2D eigenvalue weighted by Gasteiger charge is -2.33. The molecule has 2 aliphatic rings. The minimum Gasteiger partial charge on any atom is -0.490 e. The number of aryl methyl sites for hydroxylation is 1. The molecule has 2 aliphatic heterocycles. The second-order valence-electron chi connectivity index (χ2n) is 9.48. The number of piperidine rings is 1. The molecule has 1 amide bonds. The van der Waals surface area contributed by atoms with Gasteiger partial charge in [-0.15, -0.1) is 0 Å². The Balaban J connectivity index is 1.26. The van der Waals surface area contributed by atoms with Crippen LogP contribution in [0.5, 0.6) is 5.75 Å². The zero-order valence-electron chi connectivity index (χ0n) is 20.8. The number of benzene rings is 1. The van der Waals surface area contributed by atoms with Gasteiger partial charge in [0.2, 0.25) is 5.91 Å². The zero-order valence-corrected chi connectivity index (χ0v) is 21.6. The Hall–Kier alpha value is -2.03. The van der Waals surface area contributed by atoms with Gasteiger partial charge in [0.1, 0.15) is 11.9 Å².